The second kappa shape index (κ2) is 8.38. The maximum atomic E-state index is 11.5. The Morgan fingerprint density at radius 3 is 2.12 bits per heavy atom. The summed E-state index contributed by atoms with van der Waals surface area (Å²) in [6, 6.07) is 0. The van der Waals surface area contributed by atoms with Crippen molar-refractivity contribution in [1.82, 2.24) is 4.90 Å². The SMILES string of the molecule is CCOC(=O)C=CC(=CN(C)C)C(=O)OCC. The van der Waals surface area contributed by atoms with Gasteiger partial charge in [-0.2, -0.15) is 0 Å². The molecule has 0 amide bonds. The van der Waals surface area contributed by atoms with Gasteiger partial charge in [0.05, 0.1) is 18.8 Å². The zero-order valence-electron chi connectivity index (χ0n) is 10.7. The van der Waals surface area contributed by atoms with E-state index in [1.807, 2.05) is 0 Å². The molecular weight excluding hydrogens is 222 g/mol. The van der Waals surface area contributed by atoms with Gasteiger partial charge >= 0.3 is 11.9 Å². The van der Waals surface area contributed by atoms with Crippen LogP contribution in [-0.4, -0.2) is 44.1 Å². The maximum Gasteiger partial charge on any atom is 0.339 e. The second-order valence-electron chi connectivity index (χ2n) is 3.35. The lowest BCUT2D eigenvalue weighted by Gasteiger charge is -2.08. The Kier molecular flexibility index (Phi) is 7.50. The van der Waals surface area contributed by atoms with E-state index in [9.17, 15) is 9.59 Å². The van der Waals surface area contributed by atoms with E-state index < -0.39 is 11.9 Å². The number of ether oxygens (including phenoxy) is 2. The van der Waals surface area contributed by atoms with Gasteiger partial charge in [0, 0.05) is 26.4 Å². The largest absolute Gasteiger partial charge is 0.463 e. The molecule has 0 aliphatic rings. The van der Waals surface area contributed by atoms with Crippen LogP contribution in [0.4, 0.5) is 0 Å². The molecule has 0 aromatic rings. The van der Waals surface area contributed by atoms with Crippen molar-refractivity contribution in [3.63, 3.8) is 0 Å². The van der Waals surface area contributed by atoms with E-state index in [0.29, 0.717) is 12.2 Å². The molecule has 96 valence electrons. The zero-order valence-corrected chi connectivity index (χ0v) is 10.7. The third-order valence-electron chi connectivity index (χ3n) is 1.59. The summed E-state index contributed by atoms with van der Waals surface area (Å²) in [7, 11) is 3.55. The molecule has 5 nitrogen and oxygen atoms in total. The van der Waals surface area contributed by atoms with Gasteiger partial charge in [0.15, 0.2) is 0 Å². The zero-order chi connectivity index (χ0) is 13.3. The fraction of sp³-hybridized carbons (Fsp3) is 0.500. The van der Waals surface area contributed by atoms with Crippen molar-refractivity contribution in [1.29, 1.82) is 0 Å². The van der Waals surface area contributed by atoms with Gasteiger partial charge in [0.1, 0.15) is 0 Å². The standard InChI is InChI=1S/C12H19NO4/c1-5-16-11(14)8-7-10(9-13(3)4)12(15)17-6-2/h7-9H,5-6H2,1-4H3. The van der Waals surface area contributed by atoms with Crippen LogP contribution < -0.4 is 0 Å². The van der Waals surface area contributed by atoms with Gasteiger partial charge in [-0.3, -0.25) is 0 Å². The lowest BCUT2D eigenvalue weighted by Crippen LogP contribution is -2.11. The molecule has 0 saturated heterocycles. The van der Waals surface area contributed by atoms with Crippen LogP contribution in [0.15, 0.2) is 23.9 Å². The molecule has 17 heavy (non-hydrogen) atoms. The van der Waals surface area contributed by atoms with Crippen LogP contribution in [0.25, 0.3) is 0 Å². The van der Waals surface area contributed by atoms with Gasteiger partial charge < -0.3 is 14.4 Å². The molecule has 0 heterocycles. The van der Waals surface area contributed by atoms with Gasteiger partial charge in [-0.25, -0.2) is 9.59 Å². The van der Waals surface area contributed by atoms with Crippen molar-refractivity contribution in [2.75, 3.05) is 27.3 Å². The molecule has 0 N–H and O–H groups in total. The topological polar surface area (TPSA) is 55.8 Å². The molecule has 0 aliphatic heterocycles. The van der Waals surface area contributed by atoms with Gasteiger partial charge in [0.25, 0.3) is 0 Å². The summed E-state index contributed by atoms with van der Waals surface area (Å²) in [5.41, 5.74) is 0.296. The van der Waals surface area contributed by atoms with Gasteiger partial charge in [-0.05, 0) is 19.9 Å². The molecule has 0 unspecified atom stereocenters. The molecule has 0 saturated carbocycles. The smallest absolute Gasteiger partial charge is 0.339 e. The van der Waals surface area contributed by atoms with Crippen LogP contribution in [0, 0.1) is 0 Å². The van der Waals surface area contributed by atoms with Crippen LogP contribution in [0.1, 0.15) is 13.8 Å². The fourth-order valence-electron chi connectivity index (χ4n) is 1.00. The van der Waals surface area contributed by atoms with E-state index in [1.54, 1.807) is 39.0 Å². The molecule has 0 rings (SSSR count). The second-order valence-corrected chi connectivity index (χ2v) is 3.35. The molecule has 0 aromatic carbocycles. The van der Waals surface area contributed by atoms with Crippen molar-refractivity contribution >= 4 is 11.9 Å². The van der Waals surface area contributed by atoms with Gasteiger partial charge in [0.2, 0.25) is 0 Å². The Labute approximate surface area is 102 Å². The van der Waals surface area contributed by atoms with Crippen LogP contribution in [0.2, 0.25) is 0 Å². The molecule has 0 radical (unpaired) electrons. The summed E-state index contributed by atoms with van der Waals surface area (Å²) in [6.07, 6.45) is 4.17. The predicted octanol–water partition coefficient (Wildman–Crippen LogP) is 1.11. The molecule has 0 bridgehead atoms. The summed E-state index contributed by atoms with van der Waals surface area (Å²) in [4.78, 5) is 24.3. The summed E-state index contributed by atoms with van der Waals surface area (Å²) in [6.45, 7) is 4.03. The summed E-state index contributed by atoms with van der Waals surface area (Å²) < 4.78 is 9.58. The first-order valence-electron chi connectivity index (χ1n) is 5.41. The summed E-state index contributed by atoms with van der Waals surface area (Å²) in [5, 5.41) is 0. The number of hydrogen-bond donors (Lipinski definition) is 0. The minimum atomic E-state index is -0.485. The van der Waals surface area contributed by atoms with E-state index in [4.69, 9.17) is 9.47 Å². The normalized spacial score (nSPS) is 11.4. The van der Waals surface area contributed by atoms with Crippen LogP contribution >= 0.6 is 0 Å². The third-order valence-corrected chi connectivity index (χ3v) is 1.59. The minimum Gasteiger partial charge on any atom is -0.463 e. The van der Waals surface area contributed by atoms with E-state index in [-0.39, 0.29) is 6.61 Å². The molecule has 0 atom stereocenters. The van der Waals surface area contributed by atoms with E-state index in [2.05, 4.69) is 0 Å². The number of carbonyl (C=O) groups is 2. The quantitative estimate of drug-likeness (QED) is 0.396. The lowest BCUT2D eigenvalue weighted by molar-refractivity contribution is -0.138. The first-order valence-corrected chi connectivity index (χ1v) is 5.41. The molecule has 0 spiro atoms. The highest BCUT2D eigenvalue weighted by Crippen LogP contribution is 2.02. The highest BCUT2D eigenvalue weighted by atomic mass is 16.5. The molecular formula is C12H19NO4. The average Bonchev–Trinajstić information content (AvgIpc) is 2.24. The van der Waals surface area contributed by atoms with Crippen molar-refractivity contribution in [2.24, 2.45) is 0 Å². The first kappa shape index (κ1) is 15.2. The summed E-state index contributed by atoms with van der Waals surface area (Å²) >= 11 is 0. The average molecular weight is 241 g/mol. The Bertz CT molecular complexity index is 318. The first-order chi connectivity index (χ1) is 8.01. The van der Waals surface area contributed by atoms with E-state index in [0.717, 1.165) is 0 Å². The predicted molar refractivity (Wildman–Crippen MR) is 64.2 cm³/mol. The number of rotatable bonds is 6. The van der Waals surface area contributed by atoms with Crippen molar-refractivity contribution < 1.29 is 19.1 Å². The van der Waals surface area contributed by atoms with Crippen LogP contribution in [0.3, 0.4) is 0 Å². The van der Waals surface area contributed by atoms with E-state index >= 15 is 0 Å². The van der Waals surface area contributed by atoms with Crippen LogP contribution in [-0.2, 0) is 19.1 Å². The summed E-state index contributed by atoms with van der Waals surface area (Å²) in [5.74, 6) is -0.955. The third kappa shape index (κ3) is 7.16. The van der Waals surface area contributed by atoms with E-state index in [1.165, 1.54) is 12.2 Å². The molecule has 5 heteroatoms. The van der Waals surface area contributed by atoms with Crippen molar-refractivity contribution in [3.05, 3.63) is 23.9 Å². The molecule has 0 aliphatic carbocycles. The Balaban J connectivity index is 4.72. The number of nitrogens with zero attached hydrogens (tertiary/aromatic N) is 1. The Morgan fingerprint density at radius 2 is 1.65 bits per heavy atom. The number of hydrogen-bond acceptors (Lipinski definition) is 5. The highest BCUT2D eigenvalue weighted by Gasteiger charge is 2.08. The van der Waals surface area contributed by atoms with Crippen molar-refractivity contribution in [3.8, 4) is 0 Å². The minimum absolute atomic E-state index is 0.289. The number of esters is 2. The Hall–Kier alpha value is -1.78. The lowest BCUT2D eigenvalue weighted by atomic mass is 10.2. The fourth-order valence-corrected chi connectivity index (χ4v) is 1.00. The maximum absolute atomic E-state index is 11.5. The van der Waals surface area contributed by atoms with Crippen LogP contribution in [0.5, 0.6) is 0 Å². The monoisotopic (exact) mass is 241 g/mol. The molecule has 0 fully saturated rings. The number of carbonyl (C=O) groups excluding carboxylic acids is 2. The Morgan fingerprint density at radius 1 is 1.06 bits per heavy atom. The van der Waals surface area contributed by atoms with Gasteiger partial charge in [-0.1, -0.05) is 0 Å². The van der Waals surface area contributed by atoms with Crippen molar-refractivity contribution in [2.45, 2.75) is 13.8 Å². The van der Waals surface area contributed by atoms with Gasteiger partial charge in [-0.15, -0.1) is 0 Å². The highest BCUT2D eigenvalue weighted by molar-refractivity contribution is 5.93. The molecule has 0 aromatic heterocycles.